The van der Waals surface area contributed by atoms with E-state index in [1.807, 2.05) is 5.38 Å². The molecule has 0 spiro atoms. The van der Waals surface area contributed by atoms with Crippen molar-refractivity contribution in [3.8, 4) is 11.6 Å². The van der Waals surface area contributed by atoms with Crippen LogP contribution in [0.1, 0.15) is 30.7 Å². The van der Waals surface area contributed by atoms with E-state index in [2.05, 4.69) is 20.0 Å². The third-order valence-electron chi connectivity index (χ3n) is 3.25. The highest BCUT2D eigenvalue weighted by Crippen LogP contribution is 2.23. The van der Waals surface area contributed by atoms with E-state index in [9.17, 15) is 0 Å². The summed E-state index contributed by atoms with van der Waals surface area (Å²) in [7, 11) is 0. The van der Waals surface area contributed by atoms with E-state index in [0.717, 1.165) is 23.8 Å². The molecule has 2 aromatic heterocycles. The maximum atomic E-state index is 5.55. The van der Waals surface area contributed by atoms with E-state index in [1.54, 1.807) is 0 Å². The Kier molecular flexibility index (Phi) is 3.74. The number of nitrogens with two attached hydrogens (primary N) is 1. The van der Waals surface area contributed by atoms with E-state index in [4.69, 9.17) is 10.3 Å². The second-order valence-corrected chi connectivity index (χ2v) is 5.57. The van der Waals surface area contributed by atoms with Crippen LogP contribution in [0.4, 0.5) is 5.95 Å². The maximum Gasteiger partial charge on any atom is 0.278 e. The summed E-state index contributed by atoms with van der Waals surface area (Å²) in [5.74, 6) is 1.16. The highest BCUT2D eigenvalue weighted by molar-refractivity contribution is 7.09. The fraction of sp³-hybridized carbons (Fsp3) is 0.583. The molecule has 6 nitrogen and oxygen atoms in total. The lowest BCUT2D eigenvalue weighted by molar-refractivity contribution is 0.428. The maximum absolute atomic E-state index is 5.55. The Morgan fingerprint density at radius 2 is 2.00 bits per heavy atom. The lowest BCUT2D eigenvalue weighted by atomic mass is 10.2. The van der Waals surface area contributed by atoms with Gasteiger partial charge in [-0.2, -0.15) is 4.98 Å². The summed E-state index contributed by atoms with van der Waals surface area (Å²) in [4.78, 5) is 11.0. The van der Waals surface area contributed by atoms with Crippen LogP contribution in [0.5, 0.6) is 0 Å². The Balaban J connectivity index is 1.78. The highest BCUT2D eigenvalue weighted by atomic mass is 32.1. The van der Waals surface area contributed by atoms with Gasteiger partial charge in [-0.05, 0) is 18.0 Å². The minimum Gasteiger partial charge on any atom is -0.338 e. The minimum absolute atomic E-state index is 0.442. The fourth-order valence-electron chi connectivity index (χ4n) is 2.22. The summed E-state index contributed by atoms with van der Waals surface area (Å²) in [6.45, 7) is 2.45. The van der Waals surface area contributed by atoms with E-state index >= 15 is 0 Å². The molecule has 102 valence electrons. The number of nitrogens with zero attached hydrogens (tertiary/aromatic N) is 4. The molecule has 1 fully saturated rings. The molecular formula is C12H17N5OS. The van der Waals surface area contributed by atoms with Crippen LogP contribution in [0.25, 0.3) is 11.6 Å². The van der Waals surface area contributed by atoms with Crippen LogP contribution < -0.4 is 10.6 Å². The monoisotopic (exact) mass is 279 g/mol. The first-order valence-electron chi connectivity index (χ1n) is 6.60. The largest absolute Gasteiger partial charge is 0.338 e. The quantitative estimate of drug-likeness (QED) is 0.926. The molecule has 7 heteroatoms. The summed E-state index contributed by atoms with van der Waals surface area (Å²) in [5.41, 5.74) is 6.28. The van der Waals surface area contributed by atoms with E-state index in [1.165, 1.54) is 37.0 Å². The van der Waals surface area contributed by atoms with E-state index in [-0.39, 0.29) is 0 Å². The van der Waals surface area contributed by atoms with Crippen LogP contribution in [-0.4, -0.2) is 28.2 Å². The minimum atomic E-state index is 0.442. The second-order valence-electron chi connectivity index (χ2n) is 4.63. The Labute approximate surface area is 115 Å². The third-order valence-corrected chi connectivity index (χ3v) is 4.12. The van der Waals surface area contributed by atoms with Gasteiger partial charge in [-0.1, -0.05) is 12.8 Å². The van der Waals surface area contributed by atoms with Gasteiger partial charge in [0.1, 0.15) is 10.7 Å². The molecule has 1 saturated heterocycles. The predicted molar refractivity (Wildman–Crippen MR) is 74.0 cm³/mol. The molecule has 1 aliphatic rings. The molecule has 0 atom stereocenters. The molecule has 2 N–H and O–H groups in total. The van der Waals surface area contributed by atoms with Gasteiger partial charge in [-0.15, -0.1) is 11.3 Å². The van der Waals surface area contributed by atoms with Crippen molar-refractivity contribution in [3.05, 3.63) is 10.4 Å². The molecule has 0 aromatic carbocycles. The highest BCUT2D eigenvalue weighted by Gasteiger charge is 2.18. The topological polar surface area (TPSA) is 81.1 Å². The van der Waals surface area contributed by atoms with Crippen molar-refractivity contribution in [3.63, 3.8) is 0 Å². The third kappa shape index (κ3) is 2.76. The molecular weight excluding hydrogens is 262 g/mol. The zero-order chi connectivity index (χ0) is 13.1. The van der Waals surface area contributed by atoms with Crippen LogP contribution in [0.3, 0.4) is 0 Å². The average molecular weight is 279 g/mol. The molecule has 0 radical (unpaired) electrons. The van der Waals surface area contributed by atoms with Crippen molar-refractivity contribution in [2.75, 3.05) is 18.0 Å². The van der Waals surface area contributed by atoms with Gasteiger partial charge >= 0.3 is 0 Å². The molecule has 1 aliphatic heterocycles. The van der Waals surface area contributed by atoms with Crippen LogP contribution in [0, 0.1) is 0 Å². The average Bonchev–Trinajstić information content (AvgIpc) is 3.02. The smallest absolute Gasteiger partial charge is 0.278 e. The zero-order valence-corrected chi connectivity index (χ0v) is 11.5. The van der Waals surface area contributed by atoms with Crippen molar-refractivity contribution < 1.29 is 4.52 Å². The molecule has 0 unspecified atom stereocenters. The van der Waals surface area contributed by atoms with Gasteiger partial charge in [-0.25, -0.2) is 4.98 Å². The number of hydrogen-bond acceptors (Lipinski definition) is 7. The lowest BCUT2D eigenvalue weighted by Gasteiger charge is -2.16. The van der Waals surface area contributed by atoms with Crippen molar-refractivity contribution in [1.82, 2.24) is 15.1 Å². The molecule has 0 saturated carbocycles. The van der Waals surface area contributed by atoms with Crippen molar-refractivity contribution in [2.24, 2.45) is 5.73 Å². The molecule has 3 heterocycles. The normalized spacial score (nSPS) is 16.6. The van der Waals surface area contributed by atoms with Crippen LogP contribution in [0.2, 0.25) is 0 Å². The summed E-state index contributed by atoms with van der Waals surface area (Å²) in [6, 6.07) is 0. The first kappa shape index (κ1) is 12.6. The second kappa shape index (κ2) is 5.66. The fourth-order valence-corrected chi connectivity index (χ4v) is 2.87. The SMILES string of the molecule is NCc1nc(-c2nc(N3CCCCCC3)no2)cs1. The predicted octanol–water partition coefficient (Wildman–Crippen LogP) is 2.03. The lowest BCUT2D eigenvalue weighted by Crippen LogP contribution is -2.24. The molecule has 19 heavy (non-hydrogen) atoms. The van der Waals surface area contributed by atoms with E-state index < -0.39 is 0 Å². The Morgan fingerprint density at radius 1 is 1.21 bits per heavy atom. The van der Waals surface area contributed by atoms with Gasteiger partial charge in [-0.3, -0.25) is 0 Å². The van der Waals surface area contributed by atoms with Crippen molar-refractivity contribution >= 4 is 17.3 Å². The first-order valence-corrected chi connectivity index (χ1v) is 7.48. The van der Waals surface area contributed by atoms with Gasteiger partial charge in [0.25, 0.3) is 11.8 Å². The number of aromatic nitrogens is 3. The summed E-state index contributed by atoms with van der Waals surface area (Å²) in [5, 5.41) is 6.85. The molecule has 0 aliphatic carbocycles. The standard InChI is InChI=1S/C12H17N5OS/c13-7-10-14-9(8-19-10)11-15-12(16-18-11)17-5-3-1-2-4-6-17/h8H,1-7,13H2. The number of anilines is 1. The number of hydrogen-bond donors (Lipinski definition) is 1. The van der Waals surface area contributed by atoms with Crippen LogP contribution in [0.15, 0.2) is 9.90 Å². The van der Waals surface area contributed by atoms with Crippen LogP contribution in [-0.2, 0) is 6.54 Å². The van der Waals surface area contributed by atoms with Crippen molar-refractivity contribution in [2.45, 2.75) is 32.2 Å². The van der Waals surface area contributed by atoms with E-state index in [0.29, 0.717) is 18.4 Å². The summed E-state index contributed by atoms with van der Waals surface area (Å²) >= 11 is 1.52. The zero-order valence-electron chi connectivity index (χ0n) is 10.7. The number of thiazole rings is 1. The molecule has 0 amide bonds. The number of rotatable bonds is 3. The summed E-state index contributed by atoms with van der Waals surface area (Å²) < 4.78 is 5.30. The van der Waals surface area contributed by atoms with Gasteiger partial charge in [0.15, 0.2) is 0 Å². The summed E-state index contributed by atoms with van der Waals surface area (Å²) in [6.07, 6.45) is 4.95. The van der Waals surface area contributed by atoms with Gasteiger partial charge < -0.3 is 15.2 Å². The van der Waals surface area contributed by atoms with Crippen molar-refractivity contribution in [1.29, 1.82) is 0 Å². The Morgan fingerprint density at radius 3 is 2.68 bits per heavy atom. The Bertz CT molecular complexity index is 530. The van der Waals surface area contributed by atoms with Gasteiger partial charge in [0, 0.05) is 25.0 Å². The van der Waals surface area contributed by atoms with Gasteiger partial charge in [0.05, 0.1) is 0 Å². The first-order chi connectivity index (χ1) is 9.36. The van der Waals surface area contributed by atoms with Gasteiger partial charge in [0.2, 0.25) is 0 Å². The molecule has 3 rings (SSSR count). The molecule has 2 aromatic rings. The Hall–Kier alpha value is -1.47. The molecule has 0 bridgehead atoms. The van der Waals surface area contributed by atoms with Crippen LogP contribution >= 0.6 is 11.3 Å².